The average Bonchev–Trinajstić information content (AvgIpc) is 2.48. The quantitative estimate of drug-likeness (QED) is 0.755. The Balaban J connectivity index is 1.67. The second-order valence-electron chi connectivity index (χ2n) is 5.14. The van der Waals surface area contributed by atoms with Gasteiger partial charge in [-0.2, -0.15) is 0 Å². The van der Waals surface area contributed by atoms with E-state index in [9.17, 15) is 9.59 Å². The minimum absolute atomic E-state index is 0.0954. The van der Waals surface area contributed by atoms with Gasteiger partial charge in [-0.15, -0.1) is 0 Å². The number of morpholine rings is 1. The van der Waals surface area contributed by atoms with Gasteiger partial charge in [0.2, 0.25) is 5.91 Å². The molecule has 5 nitrogen and oxygen atoms in total. The van der Waals surface area contributed by atoms with Gasteiger partial charge in [0.15, 0.2) is 0 Å². The van der Waals surface area contributed by atoms with Crippen molar-refractivity contribution < 1.29 is 14.3 Å². The van der Waals surface area contributed by atoms with Crippen molar-refractivity contribution in [2.24, 2.45) is 0 Å². The molecule has 0 aliphatic carbocycles. The number of fused-ring (bicyclic) bond motifs is 1. The summed E-state index contributed by atoms with van der Waals surface area (Å²) in [5.74, 6) is -0.257. The molecule has 1 aromatic rings. The van der Waals surface area contributed by atoms with Crippen molar-refractivity contribution in [2.45, 2.75) is 6.42 Å². The summed E-state index contributed by atoms with van der Waals surface area (Å²) < 4.78 is 5.29. The van der Waals surface area contributed by atoms with E-state index in [0.29, 0.717) is 18.5 Å². The zero-order valence-corrected chi connectivity index (χ0v) is 11.4. The summed E-state index contributed by atoms with van der Waals surface area (Å²) in [4.78, 5) is 28.1. The first-order valence-electron chi connectivity index (χ1n) is 6.98. The summed E-state index contributed by atoms with van der Waals surface area (Å²) >= 11 is 0. The molecule has 1 saturated heterocycles. The standard InChI is InChI=1S/C15H18N2O3/c18-14-11-12-3-1-2-4-13(12)15(19)17(14)6-5-16-7-9-20-10-8-16/h1-4H,5-11H2. The van der Waals surface area contributed by atoms with Crippen LogP contribution in [0.15, 0.2) is 24.3 Å². The van der Waals surface area contributed by atoms with Crippen LogP contribution in [0.4, 0.5) is 0 Å². The van der Waals surface area contributed by atoms with E-state index >= 15 is 0 Å². The lowest BCUT2D eigenvalue weighted by molar-refractivity contribution is -0.128. The van der Waals surface area contributed by atoms with Gasteiger partial charge in [0, 0.05) is 31.7 Å². The molecule has 0 atom stereocenters. The van der Waals surface area contributed by atoms with Gasteiger partial charge in [-0.05, 0) is 11.6 Å². The summed E-state index contributed by atoms with van der Waals surface area (Å²) in [6.07, 6.45) is 0.324. The van der Waals surface area contributed by atoms with Crippen LogP contribution in [0.5, 0.6) is 0 Å². The van der Waals surface area contributed by atoms with Crippen LogP contribution in [-0.2, 0) is 16.0 Å². The SMILES string of the molecule is O=C1Cc2ccccc2C(=O)N1CCN1CCOCC1. The third kappa shape index (κ3) is 2.59. The molecular weight excluding hydrogens is 256 g/mol. The number of rotatable bonds is 3. The van der Waals surface area contributed by atoms with E-state index in [0.717, 1.165) is 38.4 Å². The van der Waals surface area contributed by atoms with Gasteiger partial charge in [-0.25, -0.2) is 0 Å². The smallest absolute Gasteiger partial charge is 0.260 e. The summed E-state index contributed by atoms with van der Waals surface area (Å²) in [6.45, 7) is 4.38. The Hall–Kier alpha value is -1.72. The lowest BCUT2D eigenvalue weighted by atomic mass is 9.98. The maximum absolute atomic E-state index is 12.4. The van der Waals surface area contributed by atoms with Crippen molar-refractivity contribution in [2.75, 3.05) is 39.4 Å². The maximum Gasteiger partial charge on any atom is 0.260 e. The number of imide groups is 1. The molecule has 0 N–H and O–H groups in total. The Labute approximate surface area is 118 Å². The fraction of sp³-hybridized carbons (Fsp3) is 0.467. The number of benzene rings is 1. The molecule has 2 heterocycles. The van der Waals surface area contributed by atoms with Gasteiger partial charge >= 0.3 is 0 Å². The number of nitrogens with zero attached hydrogens (tertiary/aromatic N) is 2. The van der Waals surface area contributed by atoms with Crippen LogP contribution in [-0.4, -0.2) is 61.0 Å². The molecule has 1 aromatic carbocycles. The number of carbonyl (C=O) groups excluding carboxylic acids is 2. The highest BCUT2D eigenvalue weighted by molar-refractivity contribution is 6.09. The second kappa shape index (κ2) is 5.73. The van der Waals surface area contributed by atoms with E-state index in [2.05, 4.69) is 4.90 Å². The van der Waals surface area contributed by atoms with Crippen molar-refractivity contribution in [3.8, 4) is 0 Å². The van der Waals surface area contributed by atoms with Crippen LogP contribution in [0.2, 0.25) is 0 Å². The van der Waals surface area contributed by atoms with Crippen LogP contribution in [0.1, 0.15) is 15.9 Å². The monoisotopic (exact) mass is 274 g/mol. The summed E-state index contributed by atoms with van der Waals surface area (Å²) in [6, 6.07) is 7.35. The molecule has 5 heteroatoms. The Kier molecular flexibility index (Phi) is 3.80. The Morgan fingerprint density at radius 2 is 1.80 bits per heavy atom. The second-order valence-corrected chi connectivity index (χ2v) is 5.14. The van der Waals surface area contributed by atoms with E-state index in [4.69, 9.17) is 4.74 Å². The number of hydrogen-bond acceptors (Lipinski definition) is 4. The fourth-order valence-corrected chi connectivity index (χ4v) is 2.69. The lowest BCUT2D eigenvalue weighted by Crippen LogP contribution is -2.47. The first-order valence-corrected chi connectivity index (χ1v) is 6.98. The van der Waals surface area contributed by atoms with E-state index in [-0.39, 0.29) is 11.8 Å². The van der Waals surface area contributed by atoms with Gasteiger partial charge in [-0.1, -0.05) is 18.2 Å². The summed E-state index contributed by atoms with van der Waals surface area (Å²) in [5, 5.41) is 0. The number of hydrogen-bond donors (Lipinski definition) is 0. The number of amides is 2. The minimum atomic E-state index is -0.162. The molecule has 2 aliphatic heterocycles. The predicted octanol–water partition coefficient (Wildman–Crippen LogP) is 0.544. The van der Waals surface area contributed by atoms with Crippen molar-refractivity contribution in [3.63, 3.8) is 0 Å². The Morgan fingerprint density at radius 3 is 2.60 bits per heavy atom. The zero-order chi connectivity index (χ0) is 13.9. The molecule has 106 valence electrons. The third-order valence-corrected chi connectivity index (χ3v) is 3.88. The molecule has 0 aromatic heterocycles. The van der Waals surface area contributed by atoms with Crippen molar-refractivity contribution >= 4 is 11.8 Å². The van der Waals surface area contributed by atoms with Crippen molar-refractivity contribution in [3.05, 3.63) is 35.4 Å². The first-order chi connectivity index (χ1) is 9.75. The van der Waals surface area contributed by atoms with E-state index < -0.39 is 0 Å². The Morgan fingerprint density at radius 1 is 1.05 bits per heavy atom. The van der Waals surface area contributed by atoms with Crippen molar-refractivity contribution in [1.82, 2.24) is 9.80 Å². The molecule has 0 radical (unpaired) electrons. The predicted molar refractivity (Wildman–Crippen MR) is 73.4 cm³/mol. The molecule has 2 aliphatic rings. The largest absolute Gasteiger partial charge is 0.379 e. The molecule has 20 heavy (non-hydrogen) atoms. The number of carbonyl (C=O) groups is 2. The van der Waals surface area contributed by atoms with Crippen LogP contribution in [0.3, 0.4) is 0 Å². The molecule has 0 bridgehead atoms. The number of ether oxygens (including phenoxy) is 1. The molecule has 0 saturated carbocycles. The van der Waals surface area contributed by atoms with Gasteiger partial charge in [0.25, 0.3) is 5.91 Å². The minimum Gasteiger partial charge on any atom is -0.379 e. The van der Waals surface area contributed by atoms with E-state index in [1.54, 1.807) is 6.07 Å². The van der Waals surface area contributed by atoms with Gasteiger partial charge in [-0.3, -0.25) is 19.4 Å². The molecular formula is C15H18N2O3. The topological polar surface area (TPSA) is 49.9 Å². The summed E-state index contributed by atoms with van der Waals surface area (Å²) in [5.41, 5.74) is 1.50. The van der Waals surface area contributed by atoms with Crippen LogP contribution in [0, 0.1) is 0 Å². The summed E-state index contributed by atoms with van der Waals surface area (Å²) in [7, 11) is 0. The lowest BCUT2D eigenvalue weighted by Gasteiger charge is -2.31. The fourth-order valence-electron chi connectivity index (χ4n) is 2.69. The molecule has 2 amide bonds. The molecule has 0 unspecified atom stereocenters. The van der Waals surface area contributed by atoms with Crippen molar-refractivity contribution in [1.29, 1.82) is 0 Å². The third-order valence-electron chi connectivity index (χ3n) is 3.88. The van der Waals surface area contributed by atoms with E-state index in [1.807, 2.05) is 18.2 Å². The highest BCUT2D eigenvalue weighted by atomic mass is 16.5. The highest BCUT2D eigenvalue weighted by Crippen LogP contribution is 2.19. The van der Waals surface area contributed by atoms with Crippen LogP contribution < -0.4 is 0 Å². The van der Waals surface area contributed by atoms with E-state index in [1.165, 1.54) is 4.90 Å². The molecule has 3 rings (SSSR count). The van der Waals surface area contributed by atoms with Gasteiger partial charge < -0.3 is 4.74 Å². The van der Waals surface area contributed by atoms with Crippen LogP contribution in [0.25, 0.3) is 0 Å². The molecule has 0 spiro atoms. The maximum atomic E-state index is 12.4. The van der Waals surface area contributed by atoms with Gasteiger partial charge in [0.05, 0.1) is 19.6 Å². The highest BCUT2D eigenvalue weighted by Gasteiger charge is 2.30. The van der Waals surface area contributed by atoms with Gasteiger partial charge in [0.1, 0.15) is 0 Å². The zero-order valence-electron chi connectivity index (χ0n) is 11.4. The Bertz CT molecular complexity index is 524. The first kappa shape index (κ1) is 13.3. The molecule has 1 fully saturated rings. The van der Waals surface area contributed by atoms with Crippen LogP contribution >= 0.6 is 0 Å². The normalized spacial score (nSPS) is 20.1. The average molecular weight is 274 g/mol.